The molecule has 6 heteroatoms. The first-order valence-corrected chi connectivity index (χ1v) is 5.18. The molecule has 0 amide bonds. The summed E-state index contributed by atoms with van der Waals surface area (Å²) in [5.74, 6) is -3.23. The van der Waals surface area contributed by atoms with Gasteiger partial charge in [0.25, 0.3) is 0 Å². The Morgan fingerprint density at radius 2 is 1.89 bits per heavy atom. The summed E-state index contributed by atoms with van der Waals surface area (Å²) < 4.78 is 18.5. The monoisotopic (exact) mass is 255 g/mol. The number of aromatic carboxylic acids is 1. The van der Waals surface area contributed by atoms with Gasteiger partial charge in [0.2, 0.25) is 0 Å². The Labute approximate surface area is 103 Å². The number of hydrogen-bond donors (Lipinski definition) is 2. The number of carbonyl (C=O) groups is 2. The molecule has 0 saturated heterocycles. The molecule has 0 heterocycles. The van der Waals surface area contributed by atoms with Gasteiger partial charge < -0.3 is 15.6 Å². The van der Waals surface area contributed by atoms with E-state index in [1.807, 2.05) is 0 Å². The third-order valence-electron chi connectivity index (χ3n) is 2.03. The Balaban J connectivity index is 3.28. The molecule has 98 valence electrons. The van der Waals surface area contributed by atoms with Crippen molar-refractivity contribution in [3.63, 3.8) is 0 Å². The van der Waals surface area contributed by atoms with Gasteiger partial charge in [-0.3, -0.25) is 0 Å². The Hall–Kier alpha value is -2.11. The number of rotatable bonds is 2. The van der Waals surface area contributed by atoms with Gasteiger partial charge in [-0.15, -0.1) is 0 Å². The minimum Gasteiger partial charge on any atom is -0.478 e. The highest BCUT2D eigenvalue weighted by Gasteiger charge is 2.25. The smallest absolute Gasteiger partial charge is 0.343 e. The number of esters is 1. The van der Waals surface area contributed by atoms with Crippen molar-refractivity contribution < 1.29 is 23.8 Å². The number of carboxylic acids is 1. The van der Waals surface area contributed by atoms with E-state index in [1.165, 1.54) is 0 Å². The van der Waals surface area contributed by atoms with E-state index in [0.29, 0.717) is 0 Å². The second-order valence-electron chi connectivity index (χ2n) is 4.69. The Kier molecular flexibility index (Phi) is 3.59. The lowest BCUT2D eigenvalue weighted by Gasteiger charge is -2.20. The highest BCUT2D eigenvalue weighted by Crippen LogP contribution is 2.24. The lowest BCUT2D eigenvalue weighted by Crippen LogP contribution is -2.25. The maximum atomic E-state index is 13.5. The molecule has 0 aliphatic rings. The molecule has 0 fully saturated rings. The van der Waals surface area contributed by atoms with Gasteiger partial charge in [0.1, 0.15) is 17.0 Å². The van der Waals surface area contributed by atoms with E-state index in [1.54, 1.807) is 20.8 Å². The van der Waals surface area contributed by atoms with Gasteiger partial charge in [0.05, 0.1) is 11.3 Å². The first-order valence-electron chi connectivity index (χ1n) is 5.18. The van der Waals surface area contributed by atoms with Crippen molar-refractivity contribution in [3.8, 4) is 0 Å². The van der Waals surface area contributed by atoms with Crippen LogP contribution in [0.5, 0.6) is 0 Å². The van der Waals surface area contributed by atoms with Crippen LogP contribution >= 0.6 is 0 Å². The first kappa shape index (κ1) is 14.0. The predicted octanol–water partition coefficient (Wildman–Crippen LogP) is 2.06. The number of nitrogen functional groups attached to an aromatic ring is 1. The summed E-state index contributed by atoms with van der Waals surface area (Å²) in [5, 5.41) is 8.84. The van der Waals surface area contributed by atoms with Crippen molar-refractivity contribution in [1.82, 2.24) is 0 Å². The summed E-state index contributed by atoms with van der Waals surface area (Å²) in [4.78, 5) is 22.6. The maximum absolute atomic E-state index is 13.5. The van der Waals surface area contributed by atoms with Gasteiger partial charge in [0.15, 0.2) is 0 Å². The average Bonchev–Trinajstić information content (AvgIpc) is 2.13. The molecule has 3 N–H and O–H groups in total. The van der Waals surface area contributed by atoms with Crippen molar-refractivity contribution in [3.05, 3.63) is 29.1 Å². The van der Waals surface area contributed by atoms with Gasteiger partial charge in [-0.1, -0.05) is 0 Å². The maximum Gasteiger partial charge on any atom is 0.343 e. The van der Waals surface area contributed by atoms with Crippen LogP contribution in [0.3, 0.4) is 0 Å². The summed E-state index contributed by atoms with van der Waals surface area (Å²) in [7, 11) is 0. The highest BCUT2D eigenvalue weighted by molar-refractivity contribution is 6.03. The molecule has 0 spiro atoms. The van der Waals surface area contributed by atoms with Crippen LogP contribution in [0.25, 0.3) is 0 Å². The molecule has 0 aliphatic heterocycles. The van der Waals surface area contributed by atoms with Crippen molar-refractivity contribution in [1.29, 1.82) is 0 Å². The van der Waals surface area contributed by atoms with E-state index >= 15 is 0 Å². The lowest BCUT2D eigenvalue weighted by molar-refractivity contribution is 0.00661. The largest absolute Gasteiger partial charge is 0.478 e. The molecule has 0 radical (unpaired) electrons. The summed E-state index contributed by atoms with van der Waals surface area (Å²) in [6, 6.07) is 1.87. The predicted molar refractivity (Wildman–Crippen MR) is 62.9 cm³/mol. The first-order chi connectivity index (χ1) is 8.13. The Morgan fingerprint density at radius 1 is 1.33 bits per heavy atom. The zero-order valence-corrected chi connectivity index (χ0v) is 10.3. The summed E-state index contributed by atoms with van der Waals surface area (Å²) in [5.41, 5.74) is 3.34. The topological polar surface area (TPSA) is 89.6 Å². The minimum absolute atomic E-state index is 0.336. The Morgan fingerprint density at radius 3 is 2.33 bits per heavy atom. The quantitative estimate of drug-likeness (QED) is 0.623. The van der Waals surface area contributed by atoms with E-state index in [2.05, 4.69) is 0 Å². The molecular weight excluding hydrogens is 241 g/mol. The van der Waals surface area contributed by atoms with Gasteiger partial charge in [-0.2, -0.15) is 0 Å². The van der Waals surface area contributed by atoms with Crippen LogP contribution in [0.4, 0.5) is 10.1 Å². The molecule has 0 unspecified atom stereocenters. The molecule has 5 nitrogen and oxygen atoms in total. The standard InChI is InChI=1S/C12H14FNO4/c1-12(2,3)18-11(17)8-7(13)5-4-6(9(8)14)10(15)16/h4-5H,14H2,1-3H3,(H,15,16). The van der Waals surface area contributed by atoms with Crippen LogP contribution in [0.15, 0.2) is 12.1 Å². The molecule has 1 aromatic carbocycles. The third kappa shape index (κ3) is 2.97. The number of ether oxygens (including phenoxy) is 1. The fourth-order valence-electron chi connectivity index (χ4n) is 1.32. The number of halogens is 1. The van der Waals surface area contributed by atoms with Crippen molar-refractivity contribution in [2.45, 2.75) is 26.4 Å². The third-order valence-corrected chi connectivity index (χ3v) is 2.03. The van der Waals surface area contributed by atoms with E-state index in [0.717, 1.165) is 12.1 Å². The van der Waals surface area contributed by atoms with Crippen LogP contribution in [0.1, 0.15) is 41.5 Å². The molecule has 1 rings (SSSR count). The van der Waals surface area contributed by atoms with Crippen LogP contribution in [0.2, 0.25) is 0 Å². The zero-order chi connectivity index (χ0) is 14.1. The number of carboxylic acid groups (broad SMARTS) is 1. The molecule has 0 atom stereocenters. The van der Waals surface area contributed by atoms with Gasteiger partial charge in [-0.25, -0.2) is 14.0 Å². The molecular formula is C12H14FNO4. The van der Waals surface area contributed by atoms with Crippen LogP contribution < -0.4 is 5.73 Å². The fourth-order valence-corrected chi connectivity index (χ4v) is 1.32. The SMILES string of the molecule is CC(C)(C)OC(=O)c1c(F)ccc(C(=O)O)c1N. The van der Waals surface area contributed by atoms with Crippen LogP contribution in [-0.4, -0.2) is 22.6 Å². The summed E-state index contributed by atoms with van der Waals surface area (Å²) in [6.45, 7) is 4.83. The number of nitrogens with two attached hydrogens (primary N) is 1. The lowest BCUT2D eigenvalue weighted by atomic mass is 10.1. The second kappa shape index (κ2) is 4.64. The van der Waals surface area contributed by atoms with Gasteiger partial charge >= 0.3 is 11.9 Å². The van der Waals surface area contributed by atoms with Gasteiger partial charge in [0, 0.05) is 0 Å². The minimum atomic E-state index is -1.34. The van der Waals surface area contributed by atoms with E-state index in [4.69, 9.17) is 15.6 Å². The van der Waals surface area contributed by atoms with Crippen molar-refractivity contribution >= 4 is 17.6 Å². The normalized spacial score (nSPS) is 11.1. The van der Waals surface area contributed by atoms with E-state index < -0.39 is 34.6 Å². The van der Waals surface area contributed by atoms with E-state index in [-0.39, 0.29) is 5.56 Å². The molecule has 0 saturated carbocycles. The molecule has 0 aromatic heterocycles. The second-order valence-corrected chi connectivity index (χ2v) is 4.69. The molecule has 0 bridgehead atoms. The van der Waals surface area contributed by atoms with Gasteiger partial charge in [-0.05, 0) is 32.9 Å². The summed E-state index contributed by atoms with van der Waals surface area (Å²) >= 11 is 0. The van der Waals surface area contributed by atoms with E-state index in [9.17, 15) is 14.0 Å². The number of carbonyl (C=O) groups excluding carboxylic acids is 1. The molecule has 1 aromatic rings. The molecule has 18 heavy (non-hydrogen) atoms. The fraction of sp³-hybridized carbons (Fsp3) is 0.333. The zero-order valence-electron chi connectivity index (χ0n) is 10.3. The highest BCUT2D eigenvalue weighted by atomic mass is 19.1. The molecule has 0 aliphatic carbocycles. The van der Waals surface area contributed by atoms with Crippen molar-refractivity contribution in [2.75, 3.05) is 5.73 Å². The van der Waals surface area contributed by atoms with Crippen molar-refractivity contribution in [2.24, 2.45) is 0 Å². The number of hydrogen-bond acceptors (Lipinski definition) is 4. The Bertz CT molecular complexity index is 506. The van der Waals surface area contributed by atoms with Crippen LogP contribution in [-0.2, 0) is 4.74 Å². The number of benzene rings is 1. The van der Waals surface area contributed by atoms with Crippen LogP contribution in [0, 0.1) is 5.82 Å². The summed E-state index contributed by atoms with van der Waals surface area (Å²) in [6.07, 6.45) is 0. The number of anilines is 1. The average molecular weight is 255 g/mol.